The van der Waals surface area contributed by atoms with E-state index in [0.717, 1.165) is 12.2 Å². The minimum Gasteiger partial charge on any atom is -0.387 e. The van der Waals surface area contributed by atoms with Crippen molar-refractivity contribution in [3.63, 3.8) is 0 Å². The van der Waals surface area contributed by atoms with Crippen LogP contribution in [0.4, 0.5) is 0 Å². The molecule has 1 rings (SSSR count). The third kappa shape index (κ3) is 5.31. The summed E-state index contributed by atoms with van der Waals surface area (Å²) in [5.74, 6) is 0. The average molecular weight is 237 g/mol. The number of aliphatic hydroxyl groups excluding tert-OH is 1. The molecule has 0 spiro atoms. The summed E-state index contributed by atoms with van der Waals surface area (Å²) in [6.07, 6.45) is -0.459. The fourth-order valence-electron chi connectivity index (χ4n) is 1.57. The highest BCUT2D eigenvalue weighted by atomic mass is 16.5. The van der Waals surface area contributed by atoms with Gasteiger partial charge in [0.25, 0.3) is 0 Å². The van der Waals surface area contributed by atoms with Crippen LogP contribution >= 0.6 is 0 Å². The lowest BCUT2D eigenvalue weighted by atomic mass is 10.1. The fourth-order valence-corrected chi connectivity index (χ4v) is 1.57. The first-order chi connectivity index (χ1) is 8.13. The molecule has 0 fully saturated rings. The van der Waals surface area contributed by atoms with Crippen LogP contribution in [0.2, 0.25) is 0 Å². The zero-order chi connectivity index (χ0) is 12.7. The van der Waals surface area contributed by atoms with Gasteiger partial charge in [-0.1, -0.05) is 29.8 Å². The molecule has 0 saturated heterocycles. The van der Waals surface area contributed by atoms with Crippen molar-refractivity contribution < 1.29 is 9.84 Å². The second-order valence-electron chi connectivity index (χ2n) is 4.40. The van der Waals surface area contributed by atoms with Gasteiger partial charge in [-0.2, -0.15) is 0 Å². The van der Waals surface area contributed by atoms with E-state index in [1.54, 1.807) is 0 Å². The number of hydrogen-bond donors (Lipinski definition) is 2. The zero-order valence-corrected chi connectivity index (χ0v) is 10.9. The minimum absolute atomic E-state index is 0.259. The first-order valence-corrected chi connectivity index (χ1v) is 6.19. The van der Waals surface area contributed by atoms with Gasteiger partial charge in [-0.05, 0) is 26.3 Å². The standard InChI is InChI=1S/C14H23NO2/c1-4-17-10-12(3)15-9-14(16)13-7-5-11(2)6-8-13/h5-8,12,14-16H,4,9-10H2,1-3H3. The summed E-state index contributed by atoms with van der Waals surface area (Å²) < 4.78 is 5.30. The number of aryl methyl sites for hydroxylation is 1. The maximum atomic E-state index is 9.98. The second-order valence-corrected chi connectivity index (χ2v) is 4.40. The van der Waals surface area contributed by atoms with E-state index in [9.17, 15) is 5.11 Å². The van der Waals surface area contributed by atoms with Crippen LogP contribution in [0.5, 0.6) is 0 Å². The lowest BCUT2D eigenvalue weighted by Crippen LogP contribution is -2.33. The van der Waals surface area contributed by atoms with Crippen LogP contribution in [0, 0.1) is 6.92 Å². The Morgan fingerprint density at radius 1 is 1.29 bits per heavy atom. The van der Waals surface area contributed by atoms with Crippen molar-refractivity contribution >= 4 is 0 Å². The maximum Gasteiger partial charge on any atom is 0.0914 e. The third-order valence-electron chi connectivity index (χ3n) is 2.69. The Hall–Kier alpha value is -0.900. The molecule has 17 heavy (non-hydrogen) atoms. The van der Waals surface area contributed by atoms with Crippen LogP contribution in [0.1, 0.15) is 31.1 Å². The van der Waals surface area contributed by atoms with E-state index in [-0.39, 0.29) is 6.04 Å². The molecule has 1 aromatic carbocycles. The van der Waals surface area contributed by atoms with Crippen LogP contribution in [-0.4, -0.2) is 30.9 Å². The van der Waals surface area contributed by atoms with Gasteiger partial charge in [0, 0.05) is 19.2 Å². The predicted molar refractivity (Wildman–Crippen MR) is 70.1 cm³/mol. The fraction of sp³-hybridized carbons (Fsp3) is 0.571. The van der Waals surface area contributed by atoms with E-state index in [0.29, 0.717) is 13.2 Å². The predicted octanol–water partition coefficient (Wildman–Crippen LogP) is 2.04. The summed E-state index contributed by atoms with van der Waals surface area (Å²) >= 11 is 0. The Morgan fingerprint density at radius 3 is 2.53 bits per heavy atom. The van der Waals surface area contributed by atoms with E-state index in [2.05, 4.69) is 12.2 Å². The number of ether oxygens (including phenoxy) is 1. The van der Waals surface area contributed by atoms with E-state index in [1.807, 2.05) is 38.1 Å². The van der Waals surface area contributed by atoms with Gasteiger partial charge in [-0.15, -0.1) is 0 Å². The minimum atomic E-state index is -0.459. The molecule has 2 unspecified atom stereocenters. The molecule has 96 valence electrons. The molecule has 0 aliphatic rings. The molecular weight excluding hydrogens is 214 g/mol. The SMILES string of the molecule is CCOCC(C)NCC(O)c1ccc(C)cc1. The van der Waals surface area contributed by atoms with Gasteiger partial charge in [-0.3, -0.25) is 0 Å². The molecule has 0 radical (unpaired) electrons. The lowest BCUT2D eigenvalue weighted by molar-refractivity contribution is 0.116. The molecular formula is C14H23NO2. The van der Waals surface area contributed by atoms with Crippen LogP contribution in [0.25, 0.3) is 0 Å². The molecule has 3 nitrogen and oxygen atoms in total. The molecule has 2 N–H and O–H groups in total. The molecule has 0 heterocycles. The van der Waals surface area contributed by atoms with Crippen LogP contribution < -0.4 is 5.32 Å². The van der Waals surface area contributed by atoms with Gasteiger partial charge in [0.05, 0.1) is 12.7 Å². The Morgan fingerprint density at radius 2 is 1.94 bits per heavy atom. The first-order valence-electron chi connectivity index (χ1n) is 6.19. The monoisotopic (exact) mass is 237 g/mol. The van der Waals surface area contributed by atoms with Gasteiger partial charge in [0.1, 0.15) is 0 Å². The average Bonchev–Trinajstić information content (AvgIpc) is 2.34. The second kappa shape index (κ2) is 7.43. The molecule has 0 aliphatic heterocycles. The molecule has 0 aromatic heterocycles. The van der Waals surface area contributed by atoms with Crippen molar-refractivity contribution in [2.24, 2.45) is 0 Å². The maximum absolute atomic E-state index is 9.98. The van der Waals surface area contributed by atoms with Gasteiger partial charge in [0.2, 0.25) is 0 Å². The van der Waals surface area contributed by atoms with E-state index in [4.69, 9.17) is 4.74 Å². The van der Waals surface area contributed by atoms with Gasteiger partial charge >= 0.3 is 0 Å². The van der Waals surface area contributed by atoms with Crippen molar-refractivity contribution in [3.8, 4) is 0 Å². The van der Waals surface area contributed by atoms with Crippen LogP contribution in [0.3, 0.4) is 0 Å². The van der Waals surface area contributed by atoms with Gasteiger partial charge in [0.15, 0.2) is 0 Å². The van der Waals surface area contributed by atoms with Crippen molar-refractivity contribution in [1.82, 2.24) is 5.32 Å². The summed E-state index contributed by atoms with van der Waals surface area (Å²) in [4.78, 5) is 0. The number of nitrogens with one attached hydrogen (secondary N) is 1. The quantitative estimate of drug-likeness (QED) is 0.762. The first kappa shape index (κ1) is 14.2. The summed E-state index contributed by atoms with van der Waals surface area (Å²) in [7, 11) is 0. The van der Waals surface area contributed by atoms with Gasteiger partial charge < -0.3 is 15.2 Å². The molecule has 1 aromatic rings. The van der Waals surface area contributed by atoms with Crippen LogP contribution in [0.15, 0.2) is 24.3 Å². The highest BCUT2D eigenvalue weighted by Crippen LogP contribution is 2.12. The molecule has 0 bridgehead atoms. The Kier molecular flexibility index (Phi) is 6.19. The van der Waals surface area contributed by atoms with Gasteiger partial charge in [-0.25, -0.2) is 0 Å². The number of hydrogen-bond acceptors (Lipinski definition) is 3. The van der Waals surface area contributed by atoms with E-state index < -0.39 is 6.10 Å². The Labute approximate surface area is 104 Å². The van der Waals surface area contributed by atoms with Crippen molar-refractivity contribution in [3.05, 3.63) is 35.4 Å². The Bertz CT molecular complexity index is 311. The molecule has 0 saturated carbocycles. The van der Waals surface area contributed by atoms with E-state index in [1.165, 1.54) is 5.56 Å². The molecule has 2 atom stereocenters. The number of aliphatic hydroxyl groups is 1. The highest BCUT2D eigenvalue weighted by molar-refractivity contribution is 5.23. The van der Waals surface area contributed by atoms with E-state index >= 15 is 0 Å². The highest BCUT2D eigenvalue weighted by Gasteiger charge is 2.08. The molecule has 0 aliphatic carbocycles. The largest absolute Gasteiger partial charge is 0.387 e. The molecule has 3 heteroatoms. The number of rotatable bonds is 7. The smallest absolute Gasteiger partial charge is 0.0914 e. The normalized spacial score (nSPS) is 14.6. The molecule has 0 amide bonds. The number of benzene rings is 1. The Balaban J connectivity index is 2.34. The summed E-state index contributed by atoms with van der Waals surface area (Å²) in [5.41, 5.74) is 2.16. The van der Waals surface area contributed by atoms with Crippen molar-refractivity contribution in [2.45, 2.75) is 32.9 Å². The summed E-state index contributed by atoms with van der Waals surface area (Å²) in [5, 5.41) is 13.2. The zero-order valence-electron chi connectivity index (χ0n) is 10.9. The van der Waals surface area contributed by atoms with Crippen LogP contribution in [-0.2, 0) is 4.74 Å². The third-order valence-corrected chi connectivity index (χ3v) is 2.69. The van der Waals surface area contributed by atoms with Crippen molar-refractivity contribution in [2.75, 3.05) is 19.8 Å². The topological polar surface area (TPSA) is 41.5 Å². The summed E-state index contributed by atoms with van der Waals surface area (Å²) in [6, 6.07) is 8.23. The lowest BCUT2D eigenvalue weighted by Gasteiger charge is -2.17. The van der Waals surface area contributed by atoms with Crippen molar-refractivity contribution in [1.29, 1.82) is 0 Å². The summed E-state index contributed by atoms with van der Waals surface area (Å²) in [6.45, 7) is 8.03.